The summed E-state index contributed by atoms with van der Waals surface area (Å²) < 4.78 is 0. The second-order valence-electron chi connectivity index (χ2n) is 7.56. The summed E-state index contributed by atoms with van der Waals surface area (Å²) in [4.78, 5) is 21.1. The molecule has 0 aliphatic carbocycles. The average molecular weight is 391 g/mol. The number of amides is 1. The molecule has 0 radical (unpaired) electrons. The Morgan fingerprint density at radius 1 is 0.867 bits per heavy atom. The lowest BCUT2D eigenvalue weighted by atomic mass is 10.0. The molecule has 0 spiro atoms. The summed E-state index contributed by atoms with van der Waals surface area (Å²) in [6.07, 6.45) is 0. The number of aromatic nitrogens is 2. The Kier molecular flexibility index (Phi) is 4.32. The van der Waals surface area contributed by atoms with Gasteiger partial charge in [-0.25, -0.2) is 4.98 Å². The highest BCUT2D eigenvalue weighted by molar-refractivity contribution is 6.10. The van der Waals surface area contributed by atoms with Gasteiger partial charge in [0.1, 0.15) is 5.82 Å². The zero-order valence-electron chi connectivity index (χ0n) is 16.9. The topological polar surface area (TPSA) is 57.8 Å². The van der Waals surface area contributed by atoms with Gasteiger partial charge in [-0.15, -0.1) is 0 Å². The highest BCUT2D eigenvalue weighted by Crippen LogP contribution is 2.28. The third-order valence-electron chi connectivity index (χ3n) is 5.50. The molecule has 5 rings (SSSR count). The van der Waals surface area contributed by atoms with Crippen LogP contribution < -0.4 is 5.32 Å². The number of hydrogen-bond acceptors (Lipinski definition) is 2. The summed E-state index contributed by atoms with van der Waals surface area (Å²) in [5, 5.41) is 5.17. The van der Waals surface area contributed by atoms with Crippen LogP contribution in [0.5, 0.6) is 0 Å². The van der Waals surface area contributed by atoms with Crippen molar-refractivity contribution in [3.63, 3.8) is 0 Å². The number of anilines is 1. The Morgan fingerprint density at radius 2 is 1.60 bits per heavy atom. The van der Waals surface area contributed by atoms with Crippen molar-refractivity contribution in [2.24, 2.45) is 0 Å². The van der Waals surface area contributed by atoms with Gasteiger partial charge in [0.15, 0.2) is 0 Å². The number of hydrogen-bond donors (Lipinski definition) is 2. The third-order valence-corrected chi connectivity index (χ3v) is 5.50. The molecule has 0 saturated carbocycles. The number of nitrogens with one attached hydrogen (secondary N) is 2. The van der Waals surface area contributed by atoms with Gasteiger partial charge in [0.2, 0.25) is 0 Å². The predicted octanol–water partition coefficient (Wildman–Crippen LogP) is 6.25. The lowest BCUT2D eigenvalue weighted by Crippen LogP contribution is -2.12. The number of nitrogens with zero attached hydrogens (tertiary/aromatic N) is 1. The van der Waals surface area contributed by atoms with E-state index in [1.54, 1.807) is 0 Å². The Bertz CT molecular complexity index is 1390. The van der Waals surface area contributed by atoms with Gasteiger partial charge >= 0.3 is 0 Å². The van der Waals surface area contributed by atoms with Gasteiger partial charge in [-0.2, -0.15) is 0 Å². The van der Waals surface area contributed by atoms with Gasteiger partial charge in [-0.3, -0.25) is 4.79 Å². The largest absolute Gasteiger partial charge is 0.338 e. The maximum absolute atomic E-state index is 12.9. The zero-order chi connectivity index (χ0) is 20.7. The molecule has 0 fully saturated rings. The number of fused-ring (bicyclic) bond motifs is 2. The van der Waals surface area contributed by atoms with E-state index >= 15 is 0 Å². The number of aryl methyl sites for hydroxylation is 2. The minimum absolute atomic E-state index is 0.142. The van der Waals surface area contributed by atoms with Gasteiger partial charge in [0, 0.05) is 22.2 Å². The molecule has 1 aromatic heterocycles. The minimum Gasteiger partial charge on any atom is -0.338 e. The molecule has 4 nitrogen and oxygen atoms in total. The lowest BCUT2D eigenvalue weighted by molar-refractivity contribution is 0.102. The Morgan fingerprint density at radius 3 is 2.43 bits per heavy atom. The van der Waals surface area contributed by atoms with Gasteiger partial charge in [0.25, 0.3) is 5.91 Å². The molecule has 0 saturated heterocycles. The van der Waals surface area contributed by atoms with Gasteiger partial charge in [-0.1, -0.05) is 54.6 Å². The van der Waals surface area contributed by atoms with E-state index < -0.39 is 0 Å². The smallest absolute Gasteiger partial charge is 0.255 e. The summed E-state index contributed by atoms with van der Waals surface area (Å²) in [5.74, 6) is 0.684. The highest BCUT2D eigenvalue weighted by Gasteiger charge is 2.13. The van der Waals surface area contributed by atoms with Crippen molar-refractivity contribution in [1.29, 1.82) is 0 Å². The number of aromatic amines is 1. The first-order chi connectivity index (χ1) is 14.6. The number of imidazole rings is 1. The standard InChI is InChI=1S/C26H21N3O/c1-16-7-5-8-17(2)24(16)25-27-22-14-13-19(15-23(22)28-25)26(30)29-21-12-6-10-18-9-3-4-11-20(18)21/h3-15H,1-2H3,(H,27,28)(H,29,30). The fourth-order valence-electron chi connectivity index (χ4n) is 3.99. The SMILES string of the molecule is Cc1cccc(C)c1-c1nc2ccc(C(=O)Nc3cccc4ccccc34)cc2[nH]1. The first-order valence-corrected chi connectivity index (χ1v) is 9.95. The van der Waals surface area contributed by atoms with Gasteiger partial charge in [-0.05, 0) is 54.6 Å². The van der Waals surface area contributed by atoms with Crippen LogP contribution in [0.3, 0.4) is 0 Å². The van der Waals surface area contributed by atoms with E-state index in [1.165, 1.54) is 11.1 Å². The van der Waals surface area contributed by atoms with Crippen LogP contribution in [0.15, 0.2) is 78.9 Å². The molecule has 30 heavy (non-hydrogen) atoms. The number of benzene rings is 4. The predicted molar refractivity (Wildman–Crippen MR) is 123 cm³/mol. The molecule has 0 bridgehead atoms. The van der Waals surface area contributed by atoms with Crippen LogP contribution in [0.4, 0.5) is 5.69 Å². The van der Waals surface area contributed by atoms with Crippen LogP contribution in [0.1, 0.15) is 21.5 Å². The maximum Gasteiger partial charge on any atom is 0.255 e. The second kappa shape index (κ2) is 7.16. The highest BCUT2D eigenvalue weighted by atomic mass is 16.1. The van der Waals surface area contributed by atoms with Crippen LogP contribution in [-0.4, -0.2) is 15.9 Å². The van der Waals surface area contributed by atoms with Crippen molar-refractivity contribution in [2.45, 2.75) is 13.8 Å². The molecule has 4 heteroatoms. The molecule has 4 aromatic carbocycles. The molecular weight excluding hydrogens is 370 g/mol. The first kappa shape index (κ1) is 18.1. The Labute approximate surface area is 174 Å². The monoisotopic (exact) mass is 391 g/mol. The molecule has 0 aliphatic heterocycles. The van der Waals surface area contributed by atoms with Crippen molar-refractivity contribution in [3.8, 4) is 11.4 Å². The number of carbonyl (C=O) groups is 1. The van der Waals surface area contributed by atoms with E-state index in [9.17, 15) is 4.79 Å². The van der Waals surface area contributed by atoms with Crippen molar-refractivity contribution in [2.75, 3.05) is 5.32 Å². The summed E-state index contributed by atoms with van der Waals surface area (Å²) in [6.45, 7) is 4.16. The van der Waals surface area contributed by atoms with E-state index in [4.69, 9.17) is 4.98 Å². The molecule has 1 heterocycles. The molecule has 0 atom stereocenters. The number of H-pyrrole nitrogens is 1. The molecule has 0 aliphatic rings. The third kappa shape index (κ3) is 3.12. The fourth-order valence-corrected chi connectivity index (χ4v) is 3.99. The van der Waals surface area contributed by atoms with E-state index in [0.29, 0.717) is 5.56 Å². The zero-order valence-corrected chi connectivity index (χ0v) is 16.9. The fraction of sp³-hybridized carbons (Fsp3) is 0.0769. The van der Waals surface area contributed by atoms with E-state index in [1.807, 2.05) is 66.7 Å². The van der Waals surface area contributed by atoms with E-state index in [2.05, 4.69) is 36.3 Å². The molecular formula is C26H21N3O. The van der Waals surface area contributed by atoms with Crippen LogP contribution >= 0.6 is 0 Å². The van der Waals surface area contributed by atoms with E-state index in [-0.39, 0.29) is 5.91 Å². The summed E-state index contributed by atoms with van der Waals surface area (Å²) >= 11 is 0. The van der Waals surface area contributed by atoms with Gasteiger partial charge in [0.05, 0.1) is 11.0 Å². The van der Waals surface area contributed by atoms with E-state index in [0.717, 1.165) is 38.9 Å². The molecule has 2 N–H and O–H groups in total. The van der Waals surface area contributed by atoms with Crippen LogP contribution in [-0.2, 0) is 0 Å². The van der Waals surface area contributed by atoms with Gasteiger partial charge < -0.3 is 10.3 Å². The van der Waals surface area contributed by atoms with Crippen molar-refractivity contribution >= 4 is 33.4 Å². The summed E-state index contributed by atoms with van der Waals surface area (Å²) in [5.41, 5.74) is 6.53. The quantitative estimate of drug-likeness (QED) is 0.382. The summed E-state index contributed by atoms with van der Waals surface area (Å²) in [7, 11) is 0. The normalized spacial score (nSPS) is 11.1. The first-order valence-electron chi connectivity index (χ1n) is 9.95. The minimum atomic E-state index is -0.142. The van der Waals surface area contributed by atoms with Crippen LogP contribution in [0.2, 0.25) is 0 Å². The maximum atomic E-state index is 12.9. The van der Waals surface area contributed by atoms with Crippen molar-refractivity contribution in [1.82, 2.24) is 9.97 Å². The average Bonchev–Trinajstić information content (AvgIpc) is 3.16. The number of carbonyl (C=O) groups excluding carboxylic acids is 1. The summed E-state index contributed by atoms with van der Waals surface area (Å²) in [6, 6.07) is 25.7. The molecule has 5 aromatic rings. The Balaban J connectivity index is 1.50. The second-order valence-corrected chi connectivity index (χ2v) is 7.56. The van der Waals surface area contributed by atoms with Crippen LogP contribution in [0.25, 0.3) is 33.2 Å². The molecule has 1 amide bonds. The van der Waals surface area contributed by atoms with Crippen molar-refractivity contribution < 1.29 is 4.79 Å². The molecule has 0 unspecified atom stereocenters. The lowest BCUT2D eigenvalue weighted by Gasteiger charge is -2.08. The van der Waals surface area contributed by atoms with Crippen LogP contribution in [0, 0.1) is 13.8 Å². The Hall–Kier alpha value is -3.92. The van der Waals surface area contributed by atoms with Crippen molar-refractivity contribution in [3.05, 3.63) is 95.6 Å². The molecule has 146 valence electrons. The number of rotatable bonds is 3.